The Labute approximate surface area is 169 Å². The molecule has 7 nitrogen and oxygen atoms in total. The maximum atomic E-state index is 12.7. The van der Waals surface area contributed by atoms with Crippen molar-refractivity contribution in [2.45, 2.75) is 26.9 Å². The van der Waals surface area contributed by atoms with Crippen LogP contribution in [0.15, 0.2) is 45.3 Å². The van der Waals surface area contributed by atoms with Crippen LogP contribution in [0.2, 0.25) is 0 Å². The Morgan fingerprint density at radius 1 is 1.25 bits per heavy atom. The fraction of sp³-hybridized carbons (Fsp3) is 0.250. The van der Waals surface area contributed by atoms with Crippen LogP contribution < -0.4 is 4.74 Å². The fourth-order valence-corrected chi connectivity index (χ4v) is 3.08. The normalized spacial score (nSPS) is 11.0. The summed E-state index contributed by atoms with van der Waals surface area (Å²) in [6.07, 6.45) is -0.278. The number of nitro benzene ring substituents is 1. The highest BCUT2D eigenvalue weighted by molar-refractivity contribution is 9.10. The van der Waals surface area contributed by atoms with Gasteiger partial charge >= 0.3 is 11.7 Å². The van der Waals surface area contributed by atoms with Gasteiger partial charge in [0.05, 0.1) is 23.7 Å². The van der Waals surface area contributed by atoms with Gasteiger partial charge in [-0.1, -0.05) is 28.1 Å². The van der Waals surface area contributed by atoms with Crippen molar-refractivity contribution in [2.24, 2.45) is 0 Å². The van der Waals surface area contributed by atoms with Crippen molar-refractivity contribution < 1.29 is 23.6 Å². The van der Waals surface area contributed by atoms with E-state index in [9.17, 15) is 14.9 Å². The number of rotatable bonds is 6. The molecule has 0 amide bonds. The number of carbonyl (C=O) groups is 1. The Hall–Kier alpha value is -2.87. The van der Waals surface area contributed by atoms with E-state index >= 15 is 0 Å². The van der Waals surface area contributed by atoms with Gasteiger partial charge in [0, 0.05) is 15.4 Å². The van der Waals surface area contributed by atoms with Crippen LogP contribution in [0.1, 0.15) is 31.1 Å². The minimum atomic E-state index is -0.566. The van der Waals surface area contributed by atoms with Crippen LogP contribution in [0, 0.1) is 10.1 Å². The van der Waals surface area contributed by atoms with Crippen molar-refractivity contribution in [3.05, 3.63) is 56.5 Å². The van der Waals surface area contributed by atoms with Crippen LogP contribution in [0.3, 0.4) is 0 Å². The molecule has 3 rings (SSSR count). The van der Waals surface area contributed by atoms with Crippen LogP contribution >= 0.6 is 15.9 Å². The highest BCUT2D eigenvalue weighted by Crippen LogP contribution is 2.40. The van der Waals surface area contributed by atoms with E-state index < -0.39 is 10.9 Å². The first-order valence-electron chi connectivity index (χ1n) is 8.66. The van der Waals surface area contributed by atoms with Gasteiger partial charge in [0.1, 0.15) is 16.9 Å². The molecule has 28 heavy (non-hydrogen) atoms. The van der Waals surface area contributed by atoms with Gasteiger partial charge in [-0.25, -0.2) is 4.79 Å². The standard InChI is InChI=1S/C20H18BrNO6/c1-4-26-20(23)18-14-9-17(27-11(2)3)15(22(24)25)10-16(14)28-19(18)12-5-7-13(21)8-6-12/h5-11H,4H2,1-3H3. The van der Waals surface area contributed by atoms with E-state index in [0.717, 1.165) is 4.47 Å². The van der Waals surface area contributed by atoms with E-state index in [1.807, 2.05) is 12.1 Å². The number of nitrogens with zero attached hydrogens (tertiary/aromatic N) is 1. The molecule has 3 aromatic rings. The van der Waals surface area contributed by atoms with Gasteiger partial charge in [-0.15, -0.1) is 0 Å². The molecule has 0 aliphatic rings. The molecule has 0 saturated carbocycles. The molecule has 1 aromatic heterocycles. The van der Waals surface area contributed by atoms with E-state index in [-0.39, 0.29) is 41.1 Å². The maximum Gasteiger partial charge on any atom is 0.342 e. The van der Waals surface area contributed by atoms with Gasteiger partial charge in [-0.3, -0.25) is 10.1 Å². The van der Waals surface area contributed by atoms with E-state index in [0.29, 0.717) is 10.9 Å². The van der Waals surface area contributed by atoms with Crippen LogP contribution in [-0.2, 0) is 4.74 Å². The molecule has 0 N–H and O–H groups in total. The number of nitro groups is 1. The predicted octanol–water partition coefficient (Wildman–Crippen LogP) is 5.73. The monoisotopic (exact) mass is 447 g/mol. The van der Waals surface area contributed by atoms with Crippen molar-refractivity contribution in [2.75, 3.05) is 6.61 Å². The summed E-state index contributed by atoms with van der Waals surface area (Å²) in [5.74, 6) is -0.207. The molecule has 0 fully saturated rings. The smallest absolute Gasteiger partial charge is 0.342 e. The molecule has 8 heteroatoms. The molecule has 0 unspecified atom stereocenters. The lowest BCUT2D eigenvalue weighted by atomic mass is 10.0. The summed E-state index contributed by atoms with van der Waals surface area (Å²) in [4.78, 5) is 23.6. The van der Waals surface area contributed by atoms with E-state index in [4.69, 9.17) is 13.9 Å². The summed E-state index contributed by atoms with van der Waals surface area (Å²) in [5.41, 5.74) is 0.843. The van der Waals surface area contributed by atoms with Crippen molar-refractivity contribution >= 4 is 38.6 Å². The van der Waals surface area contributed by atoms with Crippen LogP contribution in [-0.4, -0.2) is 23.6 Å². The minimum Gasteiger partial charge on any atom is -0.484 e. The van der Waals surface area contributed by atoms with Crippen molar-refractivity contribution in [3.8, 4) is 17.1 Å². The Morgan fingerprint density at radius 2 is 1.93 bits per heavy atom. The highest BCUT2D eigenvalue weighted by atomic mass is 79.9. The van der Waals surface area contributed by atoms with Gasteiger partial charge in [-0.2, -0.15) is 0 Å². The second-order valence-corrected chi connectivity index (χ2v) is 7.19. The molecule has 0 radical (unpaired) electrons. The lowest BCUT2D eigenvalue weighted by Gasteiger charge is -2.10. The third-order valence-corrected chi connectivity index (χ3v) is 4.44. The molecule has 0 aliphatic heterocycles. The number of ether oxygens (including phenoxy) is 2. The largest absolute Gasteiger partial charge is 0.484 e. The predicted molar refractivity (Wildman–Crippen MR) is 108 cm³/mol. The van der Waals surface area contributed by atoms with Gasteiger partial charge in [0.25, 0.3) is 0 Å². The Morgan fingerprint density at radius 3 is 2.50 bits per heavy atom. The fourth-order valence-electron chi connectivity index (χ4n) is 2.81. The van der Waals surface area contributed by atoms with E-state index in [1.165, 1.54) is 12.1 Å². The summed E-state index contributed by atoms with van der Waals surface area (Å²) >= 11 is 3.37. The number of furan rings is 1. The average Bonchev–Trinajstić information content (AvgIpc) is 2.99. The number of fused-ring (bicyclic) bond motifs is 1. The molecule has 0 aliphatic carbocycles. The highest BCUT2D eigenvalue weighted by Gasteiger charge is 2.28. The minimum absolute atomic E-state index is 0.0706. The Bertz CT molecular complexity index is 1040. The number of halogens is 1. The summed E-state index contributed by atoms with van der Waals surface area (Å²) in [7, 11) is 0. The van der Waals surface area contributed by atoms with Crippen molar-refractivity contribution in [3.63, 3.8) is 0 Å². The zero-order valence-electron chi connectivity index (χ0n) is 15.5. The summed E-state index contributed by atoms with van der Waals surface area (Å²) < 4.78 is 17.5. The number of hydrogen-bond donors (Lipinski definition) is 0. The molecule has 0 atom stereocenters. The number of hydrogen-bond acceptors (Lipinski definition) is 6. The molecule has 146 valence electrons. The van der Waals surface area contributed by atoms with Crippen LogP contribution in [0.4, 0.5) is 5.69 Å². The lowest BCUT2D eigenvalue weighted by Crippen LogP contribution is -2.08. The Balaban J connectivity index is 2.30. The topological polar surface area (TPSA) is 91.8 Å². The second-order valence-electron chi connectivity index (χ2n) is 6.27. The van der Waals surface area contributed by atoms with Gasteiger partial charge in [-0.05, 0) is 39.0 Å². The number of carbonyl (C=O) groups excluding carboxylic acids is 1. The van der Waals surface area contributed by atoms with E-state index in [2.05, 4.69) is 15.9 Å². The Kier molecular flexibility index (Phi) is 5.69. The first kappa shape index (κ1) is 19.9. The summed E-state index contributed by atoms with van der Waals surface area (Å²) in [5, 5.41) is 11.9. The molecule has 0 saturated heterocycles. The first-order valence-corrected chi connectivity index (χ1v) is 9.45. The third kappa shape index (κ3) is 3.87. The first-order chi connectivity index (χ1) is 13.3. The maximum absolute atomic E-state index is 12.7. The lowest BCUT2D eigenvalue weighted by molar-refractivity contribution is -0.385. The van der Waals surface area contributed by atoms with Crippen molar-refractivity contribution in [1.29, 1.82) is 0 Å². The molecular weight excluding hydrogens is 430 g/mol. The third-order valence-electron chi connectivity index (χ3n) is 3.91. The molecular formula is C20H18BrNO6. The van der Waals surface area contributed by atoms with Crippen molar-refractivity contribution in [1.82, 2.24) is 0 Å². The van der Waals surface area contributed by atoms with E-state index in [1.54, 1.807) is 32.9 Å². The zero-order chi connectivity index (χ0) is 20.4. The van der Waals surface area contributed by atoms with Gasteiger partial charge in [0.15, 0.2) is 5.75 Å². The molecule has 2 aromatic carbocycles. The SMILES string of the molecule is CCOC(=O)c1c(-c2ccc(Br)cc2)oc2cc([N+](=O)[O-])c(OC(C)C)cc12. The zero-order valence-corrected chi connectivity index (χ0v) is 17.1. The molecule has 0 bridgehead atoms. The van der Waals surface area contributed by atoms with Gasteiger partial charge < -0.3 is 13.9 Å². The summed E-state index contributed by atoms with van der Waals surface area (Å²) in [6.45, 7) is 5.43. The summed E-state index contributed by atoms with van der Waals surface area (Å²) in [6, 6.07) is 9.93. The van der Waals surface area contributed by atoms with Crippen LogP contribution in [0.5, 0.6) is 5.75 Å². The quantitative estimate of drug-likeness (QED) is 0.272. The second kappa shape index (κ2) is 8.02. The number of benzene rings is 2. The molecule has 0 spiro atoms. The van der Waals surface area contributed by atoms with Gasteiger partial charge in [0.2, 0.25) is 0 Å². The molecule has 1 heterocycles. The van der Waals surface area contributed by atoms with Crippen LogP contribution in [0.25, 0.3) is 22.3 Å². The average molecular weight is 448 g/mol. The number of esters is 1.